The fourth-order valence-electron chi connectivity index (χ4n) is 2.83. The molecule has 0 atom stereocenters. The van der Waals surface area contributed by atoms with Gasteiger partial charge in [0.05, 0.1) is 10.7 Å². The maximum absolute atomic E-state index is 12.7. The molecule has 0 bridgehead atoms. The van der Waals surface area contributed by atoms with E-state index < -0.39 is 0 Å². The van der Waals surface area contributed by atoms with Crippen molar-refractivity contribution in [2.45, 2.75) is 18.8 Å². The third-order valence-electron chi connectivity index (χ3n) is 4.36. The normalized spacial score (nSPS) is 12.9. The van der Waals surface area contributed by atoms with Crippen LogP contribution < -0.4 is 15.8 Å². The van der Waals surface area contributed by atoms with Gasteiger partial charge in [-0.2, -0.15) is 0 Å². The average molecular weight is 434 g/mol. The Labute approximate surface area is 179 Å². The molecule has 0 radical (unpaired) electrons. The van der Waals surface area contributed by atoms with Crippen molar-refractivity contribution < 1.29 is 9.53 Å². The molecule has 0 unspecified atom stereocenters. The first-order valence-corrected chi connectivity index (χ1v) is 9.49. The molecule has 4 rings (SSSR count). The Bertz CT molecular complexity index is 987. The first-order valence-electron chi connectivity index (χ1n) is 9.12. The highest BCUT2D eigenvalue weighted by Crippen LogP contribution is 2.40. The summed E-state index contributed by atoms with van der Waals surface area (Å²) in [5, 5.41) is 7.81. The van der Waals surface area contributed by atoms with E-state index in [2.05, 4.69) is 15.4 Å². The van der Waals surface area contributed by atoms with Crippen LogP contribution in [0.15, 0.2) is 48.5 Å². The molecule has 1 fully saturated rings. The van der Waals surface area contributed by atoms with Gasteiger partial charge in [-0.15, -0.1) is 17.5 Å². The molecule has 7 nitrogen and oxygen atoms in total. The summed E-state index contributed by atoms with van der Waals surface area (Å²) in [6.45, 7) is 0.890. The number of carbonyl (C=O) groups is 1. The predicted octanol–water partition coefficient (Wildman–Crippen LogP) is 3.81. The molecule has 1 amide bonds. The summed E-state index contributed by atoms with van der Waals surface area (Å²) in [5.41, 5.74) is 6.77. The Morgan fingerprint density at radius 3 is 2.59 bits per heavy atom. The zero-order valence-corrected chi connectivity index (χ0v) is 17.1. The Morgan fingerprint density at radius 1 is 1.21 bits per heavy atom. The fraction of sp³-hybridized carbons (Fsp3) is 0.250. The van der Waals surface area contributed by atoms with E-state index in [-0.39, 0.29) is 24.1 Å². The molecule has 1 aromatic heterocycles. The van der Waals surface area contributed by atoms with Crippen LogP contribution in [0.25, 0.3) is 5.69 Å². The molecule has 9 heteroatoms. The number of nitrogens with two attached hydrogens (primary N) is 1. The van der Waals surface area contributed by atoms with Crippen LogP contribution in [0.4, 0.5) is 5.69 Å². The molecule has 3 N–H and O–H groups in total. The minimum absolute atomic E-state index is 0. The van der Waals surface area contributed by atoms with Crippen LogP contribution in [0.5, 0.6) is 5.75 Å². The van der Waals surface area contributed by atoms with Gasteiger partial charge in [-0.1, -0.05) is 23.7 Å². The number of anilines is 1. The summed E-state index contributed by atoms with van der Waals surface area (Å²) in [5.74, 6) is 1.52. The molecule has 1 aliphatic carbocycles. The number of para-hydroxylation sites is 1. The Balaban J connectivity index is 0.00000240. The highest BCUT2D eigenvalue weighted by Gasteiger charge is 2.32. The summed E-state index contributed by atoms with van der Waals surface area (Å²) in [4.78, 5) is 17.2. The number of rotatable bonds is 7. The number of nitrogens with zero attached hydrogens (tertiary/aromatic N) is 3. The van der Waals surface area contributed by atoms with Crippen LogP contribution in [0.3, 0.4) is 0 Å². The zero-order valence-electron chi connectivity index (χ0n) is 15.5. The lowest BCUT2D eigenvalue weighted by atomic mass is 10.3. The maximum Gasteiger partial charge on any atom is 0.295 e. The number of hydrogen-bond donors (Lipinski definition) is 2. The molecule has 1 heterocycles. The zero-order chi connectivity index (χ0) is 19.5. The first-order chi connectivity index (χ1) is 13.7. The number of halogens is 2. The van der Waals surface area contributed by atoms with E-state index in [0.717, 1.165) is 24.4 Å². The number of carbonyl (C=O) groups excluding carboxylic acids is 1. The smallest absolute Gasteiger partial charge is 0.295 e. The fourth-order valence-corrected chi connectivity index (χ4v) is 3.04. The van der Waals surface area contributed by atoms with Gasteiger partial charge in [0, 0.05) is 18.2 Å². The second-order valence-corrected chi connectivity index (χ2v) is 6.95. The van der Waals surface area contributed by atoms with Crippen LogP contribution in [0.2, 0.25) is 5.02 Å². The van der Waals surface area contributed by atoms with Gasteiger partial charge < -0.3 is 15.8 Å². The molecule has 3 aromatic rings. The van der Waals surface area contributed by atoms with Crippen molar-refractivity contribution in [2.24, 2.45) is 5.73 Å². The number of amides is 1. The molecule has 29 heavy (non-hydrogen) atoms. The van der Waals surface area contributed by atoms with Crippen molar-refractivity contribution in [3.05, 3.63) is 65.2 Å². The van der Waals surface area contributed by atoms with Crippen molar-refractivity contribution in [3.63, 3.8) is 0 Å². The lowest BCUT2D eigenvalue weighted by Gasteiger charge is -2.07. The molecule has 0 aliphatic heterocycles. The van der Waals surface area contributed by atoms with E-state index in [1.807, 2.05) is 18.2 Å². The van der Waals surface area contributed by atoms with Gasteiger partial charge in [-0.3, -0.25) is 4.79 Å². The largest absolute Gasteiger partial charge is 0.492 e. The molecular formula is C20H21Cl2N5O2. The highest BCUT2D eigenvalue weighted by atomic mass is 35.5. The summed E-state index contributed by atoms with van der Waals surface area (Å²) in [6.07, 6.45) is 2.07. The predicted molar refractivity (Wildman–Crippen MR) is 115 cm³/mol. The van der Waals surface area contributed by atoms with E-state index in [1.54, 1.807) is 35.0 Å². The number of aromatic nitrogens is 3. The van der Waals surface area contributed by atoms with E-state index in [0.29, 0.717) is 35.5 Å². The molecule has 0 saturated heterocycles. The van der Waals surface area contributed by atoms with Crippen molar-refractivity contribution in [1.82, 2.24) is 14.8 Å². The topological polar surface area (TPSA) is 95.1 Å². The number of nitrogens with one attached hydrogen (secondary N) is 1. The van der Waals surface area contributed by atoms with Gasteiger partial charge in [-0.25, -0.2) is 9.67 Å². The lowest BCUT2D eigenvalue weighted by Crippen LogP contribution is -2.14. The molecular weight excluding hydrogens is 413 g/mol. The number of hydrogen-bond acceptors (Lipinski definition) is 5. The van der Waals surface area contributed by atoms with Crippen LogP contribution in [0.1, 0.15) is 35.2 Å². The number of ether oxygens (including phenoxy) is 1. The van der Waals surface area contributed by atoms with Crippen molar-refractivity contribution in [3.8, 4) is 11.4 Å². The Kier molecular flexibility index (Phi) is 6.74. The second-order valence-electron chi connectivity index (χ2n) is 6.55. The van der Waals surface area contributed by atoms with Gasteiger partial charge in [0.25, 0.3) is 5.91 Å². The standard InChI is InChI=1S/C20H20ClN5O2.ClH/c21-16-3-1-2-4-17(16)26-19(13-5-6-13)24-18(25-26)20(27)23-14-7-9-15(10-8-14)28-12-11-22;/h1-4,7-10,13H,5-6,11-12,22H2,(H,23,27);1H. The molecule has 0 spiro atoms. The molecule has 152 valence electrons. The molecule has 2 aromatic carbocycles. The third-order valence-corrected chi connectivity index (χ3v) is 4.68. The van der Waals surface area contributed by atoms with E-state index in [1.165, 1.54) is 0 Å². The average Bonchev–Trinajstić information content (AvgIpc) is 3.46. The molecule has 1 saturated carbocycles. The summed E-state index contributed by atoms with van der Waals surface area (Å²) < 4.78 is 7.11. The van der Waals surface area contributed by atoms with Gasteiger partial charge >= 0.3 is 0 Å². The Hall–Kier alpha value is -2.61. The van der Waals surface area contributed by atoms with Crippen molar-refractivity contribution in [1.29, 1.82) is 0 Å². The third kappa shape index (κ3) is 4.87. The molecule has 1 aliphatic rings. The first kappa shape index (κ1) is 21.1. The van der Waals surface area contributed by atoms with Gasteiger partial charge in [-0.05, 0) is 49.2 Å². The van der Waals surface area contributed by atoms with Gasteiger partial charge in [0.2, 0.25) is 5.82 Å². The van der Waals surface area contributed by atoms with Crippen LogP contribution >= 0.6 is 24.0 Å². The van der Waals surface area contributed by atoms with E-state index in [4.69, 9.17) is 22.1 Å². The maximum atomic E-state index is 12.7. The quantitative estimate of drug-likeness (QED) is 0.590. The van der Waals surface area contributed by atoms with Crippen molar-refractivity contribution in [2.75, 3.05) is 18.5 Å². The SMILES string of the molecule is Cl.NCCOc1ccc(NC(=O)c2nc(C3CC3)n(-c3ccccc3Cl)n2)cc1. The minimum Gasteiger partial charge on any atom is -0.492 e. The van der Waals surface area contributed by atoms with Gasteiger partial charge in [0.15, 0.2) is 0 Å². The summed E-state index contributed by atoms with van der Waals surface area (Å²) >= 11 is 6.32. The van der Waals surface area contributed by atoms with Crippen molar-refractivity contribution >= 4 is 35.6 Å². The van der Waals surface area contributed by atoms with E-state index >= 15 is 0 Å². The van der Waals surface area contributed by atoms with Crippen LogP contribution in [-0.4, -0.2) is 33.8 Å². The van der Waals surface area contributed by atoms with Crippen LogP contribution in [0, 0.1) is 0 Å². The summed E-state index contributed by atoms with van der Waals surface area (Å²) in [7, 11) is 0. The second kappa shape index (κ2) is 9.26. The minimum atomic E-state index is -0.372. The monoisotopic (exact) mass is 433 g/mol. The lowest BCUT2D eigenvalue weighted by molar-refractivity contribution is 0.101. The summed E-state index contributed by atoms with van der Waals surface area (Å²) in [6, 6.07) is 14.5. The van der Waals surface area contributed by atoms with Gasteiger partial charge in [0.1, 0.15) is 18.2 Å². The van der Waals surface area contributed by atoms with Crippen LogP contribution in [-0.2, 0) is 0 Å². The van der Waals surface area contributed by atoms with E-state index in [9.17, 15) is 4.79 Å². The highest BCUT2D eigenvalue weighted by molar-refractivity contribution is 6.32. The number of benzene rings is 2. The Morgan fingerprint density at radius 2 is 1.93 bits per heavy atom.